The van der Waals surface area contributed by atoms with Crippen LogP contribution in [0.25, 0.3) is 0 Å². The van der Waals surface area contributed by atoms with E-state index in [0.29, 0.717) is 12.2 Å². The number of rotatable bonds is 1. The standard InChI is InChI=1S/C8H15NO.C2H6/c1-2-9-5-7-3-4-8(6-9)10-7;1-2/h7-8H,2-6H2,1H3;1-2H3. The molecule has 0 saturated carbocycles. The van der Waals surface area contributed by atoms with Crippen molar-refractivity contribution in [3.05, 3.63) is 0 Å². The van der Waals surface area contributed by atoms with Crippen LogP contribution in [-0.2, 0) is 4.74 Å². The van der Waals surface area contributed by atoms with Crippen molar-refractivity contribution in [1.82, 2.24) is 4.90 Å². The van der Waals surface area contributed by atoms with Crippen molar-refractivity contribution >= 4 is 0 Å². The van der Waals surface area contributed by atoms with Crippen LogP contribution in [0.4, 0.5) is 0 Å². The smallest absolute Gasteiger partial charge is 0.0707 e. The molecule has 2 atom stereocenters. The zero-order chi connectivity index (χ0) is 8.97. The second-order valence-electron chi connectivity index (χ2n) is 3.31. The topological polar surface area (TPSA) is 12.5 Å². The molecule has 0 N–H and O–H groups in total. The Bertz CT molecular complexity index is 115. The highest BCUT2D eigenvalue weighted by atomic mass is 16.5. The van der Waals surface area contributed by atoms with Gasteiger partial charge in [0.1, 0.15) is 0 Å². The Balaban J connectivity index is 0.000000336. The highest BCUT2D eigenvalue weighted by molar-refractivity contribution is 4.83. The summed E-state index contributed by atoms with van der Waals surface area (Å²) >= 11 is 0. The van der Waals surface area contributed by atoms with Crippen LogP contribution in [0.1, 0.15) is 33.6 Å². The summed E-state index contributed by atoms with van der Waals surface area (Å²) in [5, 5.41) is 0. The van der Waals surface area contributed by atoms with Gasteiger partial charge in [-0.15, -0.1) is 0 Å². The van der Waals surface area contributed by atoms with Gasteiger partial charge in [-0.25, -0.2) is 0 Å². The summed E-state index contributed by atoms with van der Waals surface area (Å²) in [6.07, 6.45) is 3.72. The molecule has 0 aromatic carbocycles. The van der Waals surface area contributed by atoms with Gasteiger partial charge in [-0.1, -0.05) is 20.8 Å². The first kappa shape index (κ1) is 10.0. The molecular weight excluding hydrogens is 150 g/mol. The van der Waals surface area contributed by atoms with Crippen LogP contribution in [0.3, 0.4) is 0 Å². The predicted molar refractivity (Wildman–Crippen MR) is 51.4 cm³/mol. The Morgan fingerprint density at radius 3 is 2.08 bits per heavy atom. The third-order valence-corrected chi connectivity index (χ3v) is 2.57. The molecule has 0 spiro atoms. The summed E-state index contributed by atoms with van der Waals surface area (Å²) in [5.74, 6) is 0. The summed E-state index contributed by atoms with van der Waals surface area (Å²) in [6, 6.07) is 0. The Labute approximate surface area is 75.9 Å². The predicted octanol–water partition coefficient (Wildman–Crippen LogP) is 1.90. The van der Waals surface area contributed by atoms with Gasteiger partial charge in [-0.3, -0.25) is 4.90 Å². The maximum atomic E-state index is 5.69. The number of likely N-dealkylation sites (tertiary alicyclic amines) is 1. The number of hydrogen-bond donors (Lipinski definition) is 0. The van der Waals surface area contributed by atoms with E-state index in [1.54, 1.807) is 0 Å². The van der Waals surface area contributed by atoms with Crippen LogP contribution < -0.4 is 0 Å². The van der Waals surface area contributed by atoms with Gasteiger partial charge in [0, 0.05) is 13.1 Å². The molecule has 72 valence electrons. The normalized spacial score (nSPS) is 34.2. The molecule has 2 nitrogen and oxygen atoms in total. The molecule has 0 aromatic heterocycles. The Hall–Kier alpha value is -0.0800. The van der Waals surface area contributed by atoms with E-state index < -0.39 is 0 Å². The lowest BCUT2D eigenvalue weighted by Gasteiger charge is -2.30. The number of morpholine rings is 1. The quantitative estimate of drug-likeness (QED) is 0.597. The van der Waals surface area contributed by atoms with Crippen molar-refractivity contribution in [2.45, 2.75) is 45.8 Å². The minimum absolute atomic E-state index is 0.568. The zero-order valence-corrected chi connectivity index (χ0v) is 8.55. The molecule has 0 radical (unpaired) electrons. The van der Waals surface area contributed by atoms with Gasteiger partial charge >= 0.3 is 0 Å². The van der Waals surface area contributed by atoms with Crippen LogP contribution in [0.15, 0.2) is 0 Å². The fraction of sp³-hybridized carbons (Fsp3) is 1.00. The Morgan fingerprint density at radius 2 is 1.67 bits per heavy atom. The van der Waals surface area contributed by atoms with Crippen molar-refractivity contribution in [2.75, 3.05) is 19.6 Å². The van der Waals surface area contributed by atoms with Gasteiger partial charge in [0.05, 0.1) is 12.2 Å². The van der Waals surface area contributed by atoms with Crippen LogP contribution in [0.5, 0.6) is 0 Å². The van der Waals surface area contributed by atoms with E-state index in [0.717, 1.165) is 0 Å². The van der Waals surface area contributed by atoms with E-state index in [1.165, 1.54) is 32.5 Å². The third kappa shape index (κ3) is 2.20. The molecule has 0 aliphatic carbocycles. The van der Waals surface area contributed by atoms with Gasteiger partial charge < -0.3 is 4.74 Å². The summed E-state index contributed by atoms with van der Waals surface area (Å²) < 4.78 is 5.69. The van der Waals surface area contributed by atoms with E-state index >= 15 is 0 Å². The van der Waals surface area contributed by atoms with Crippen LogP contribution in [-0.4, -0.2) is 36.7 Å². The maximum absolute atomic E-state index is 5.69. The molecule has 2 heterocycles. The second-order valence-corrected chi connectivity index (χ2v) is 3.31. The van der Waals surface area contributed by atoms with Crippen molar-refractivity contribution in [3.8, 4) is 0 Å². The maximum Gasteiger partial charge on any atom is 0.0707 e. The lowest BCUT2D eigenvalue weighted by molar-refractivity contribution is -0.0364. The minimum Gasteiger partial charge on any atom is -0.372 e. The second kappa shape index (κ2) is 4.83. The number of likely N-dealkylation sites (N-methyl/N-ethyl adjacent to an activating group) is 1. The van der Waals surface area contributed by atoms with Crippen molar-refractivity contribution in [3.63, 3.8) is 0 Å². The Kier molecular flexibility index (Phi) is 4.02. The van der Waals surface area contributed by atoms with Crippen LogP contribution >= 0.6 is 0 Å². The minimum atomic E-state index is 0.568. The van der Waals surface area contributed by atoms with Gasteiger partial charge in [-0.2, -0.15) is 0 Å². The highest BCUT2D eigenvalue weighted by Crippen LogP contribution is 2.25. The number of nitrogens with zero attached hydrogens (tertiary/aromatic N) is 1. The fourth-order valence-electron chi connectivity index (χ4n) is 1.96. The number of fused-ring (bicyclic) bond motifs is 2. The van der Waals surface area contributed by atoms with Crippen LogP contribution in [0.2, 0.25) is 0 Å². The third-order valence-electron chi connectivity index (χ3n) is 2.57. The molecule has 2 aliphatic heterocycles. The molecular formula is C10H21NO. The summed E-state index contributed by atoms with van der Waals surface area (Å²) in [6.45, 7) is 9.76. The number of hydrogen-bond acceptors (Lipinski definition) is 2. The number of ether oxygens (including phenoxy) is 1. The van der Waals surface area contributed by atoms with Crippen LogP contribution in [0, 0.1) is 0 Å². The summed E-state index contributed by atoms with van der Waals surface area (Å²) in [4.78, 5) is 2.49. The summed E-state index contributed by atoms with van der Waals surface area (Å²) in [5.41, 5.74) is 0. The molecule has 2 rings (SSSR count). The SMILES string of the molecule is CC.CCN1CC2CCC(C1)O2. The van der Waals surface area contributed by atoms with Gasteiger partial charge in [-0.05, 0) is 19.4 Å². The fourth-order valence-corrected chi connectivity index (χ4v) is 1.96. The Morgan fingerprint density at radius 1 is 1.17 bits per heavy atom. The largest absolute Gasteiger partial charge is 0.372 e. The van der Waals surface area contributed by atoms with Crippen molar-refractivity contribution < 1.29 is 4.74 Å². The monoisotopic (exact) mass is 171 g/mol. The van der Waals surface area contributed by atoms with E-state index in [4.69, 9.17) is 4.74 Å². The lowest BCUT2D eigenvalue weighted by Crippen LogP contribution is -2.42. The van der Waals surface area contributed by atoms with Gasteiger partial charge in [0.15, 0.2) is 0 Å². The van der Waals surface area contributed by atoms with E-state index in [-0.39, 0.29) is 0 Å². The van der Waals surface area contributed by atoms with Crippen molar-refractivity contribution in [2.24, 2.45) is 0 Å². The molecule has 2 heteroatoms. The van der Waals surface area contributed by atoms with Gasteiger partial charge in [0.25, 0.3) is 0 Å². The first-order chi connectivity index (χ1) is 5.88. The lowest BCUT2D eigenvalue weighted by atomic mass is 10.2. The van der Waals surface area contributed by atoms with E-state index in [2.05, 4.69) is 11.8 Å². The molecule has 2 saturated heterocycles. The molecule has 0 amide bonds. The van der Waals surface area contributed by atoms with E-state index in [9.17, 15) is 0 Å². The van der Waals surface area contributed by atoms with E-state index in [1.807, 2.05) is 13.8 Å². The average Bonchev–Trinajstić information content (AvgIpc) is 2.49. The zero-order valence-electron chi connectivity index (χ0n) is 8.55. The summed E-state index contributed by atoms with van der Waals surface area (Å²) in [7, 11) is 0. The molecule has 12 heavy (non-hydrogen) atoms. The first-order valence-corrected chi connectivity index (χ1v) is 5.26. The van der Waals surface area contributed by atoms with Crippen molar-refractivity contribution in [1.29, 1.82) is 0 Å². The highest BCUT2D eigenvalue weighted by Gasteiger charge is 2.32. The molecule has 2 bridgehead atoms. The molecule has 0 aromatic rings. The van der Waals surface area contributed by atoms with Gasteiger partial charge in [0.2, 0.25) is 0 Å². The first-order valence-electron chi connectivity index (χ1n) is 5.26. The molecule has 2 unspecified atom stereocenters. The molecule has 2 fully saturated rings. The molecule has 2 aliphatic rings. The average molecular weight is 171 g/mol.